The van der Waals surface area contributed by atoms with Gasteiger partial charge >= 0.3 is 5.69 Å². The molecule has 2 aromatic heterocycles. The average molecular weight is 320 g/mol. The number of hydrogen-bond donors (Lipinski definition) is 1. The first kappa shape index (κ1) is 16.4. The largest absolute Gasteiger partial charge is 0.348 e. The van der Waals surface area contributed by atoms with E-state index in [0.717, 1.165) is 21.3 Å². The second kappa shape index (κ2) is 6.39. The van der Waals surface area contributed by atoms with Crippen LogP contribution in [0.3, 0.4) is 0 Å². The molecule has 0 spiro atoms. The van der Waals surface area contributed by atoms with Gasteiger partial charge in [-0.05, 0) is 40.7 Å². The van der Waals surface area contributed by atoms with Crippen LogP contribution in [-0.2, 0) is 11.3 Å². The lowest BCUT2D eigenvalue weighted by molar-refractivity contribution is -0.122. The zero-order valence-corrected chi connectivity index (χ0v) is 14.2. The maximum atomic E-state index is 12.2. The van der Waals surface area contributed by atoms with Crippen LogP contribution in [-0.4, -0.2) is 20.4 Å². The van der Waals surface area contributed by atoms with Crippen molar-refractivity contribution in [3.05, 3.63) is 43.5 Å². The zero-order chi connectivity index (χ0) is 16.4. The second-order valence-electron chi connectivity index (χ2n) is 5.37. The highest BCUT2D eigenvalue weighted by Gasteiger charge is 2.16. The van der Waals surface area contributed by atoms with Gasteiger partial charge in [-0.25, -0.2) is 9.78 Å². The number of carbonyl (C=O) groups excluding carboxylic acids is 1. The van der Waals surface area contributed by atoms with Crippen LogP contribution < -0.4 is 11.0 Å². The van der Waals surface area contributed by atoms with Crippen molar-refractivity contribution in [2.45, 2.75) is 47.2 Å². The van der Waals surface area contributed by atoms with Crippen LogP contribution in [0.15, 0.2) is 10.9 Å². The van der Waals surface area contributed by atoms with Gasteiger partial charge in [-0.1, -0.05) is 0 Å². The molecule has 0 radical (unpaired) electrons. The minimum Gasteiger partial charge on any atom is -0.346 e. The van der Waals surface area contributed by atoms with E-state index in [0.29, 0.717) is 5.69 Å². The Hall–Kier alpha value is -2.02. The van der Waals surface area contributed by atoms with E-state index in [2.05, 4.69) is 15.3 Å². The molecule has 0 bridgehead atoms. The zero-order valence-electron chi connectivity index (χ0n) is 13.4. The maximum Gasteiger partial charge on any atom is 0.348 e. The van der Waals surface area contributed by atoms with Gasteiger partial charge in [-0.2, -0.15) is 4.98 Å². The molecule has 7 heteroatoms. The van der Waals surface area contributed by atoms with E-state index in [1.807, 2.05) is 20.8 Å². The molecular formula is C15H20N4O2S. The molecule has 2 aromatic rings. The lowest BCUT2D eigenvalue weighted by Gasteiger charge is -2.14. The van der Waals surface area contributed by atoms with Crippen LogP contribution in [0.5, 0.6) is 0 Å². The Bertz CT molecular complexity index is 763. The normalized spacial score (nSPS) is 12.2. The topological polar surface area (TPSA) is 76.9 Å². The molecule has 1 amide bonds. The highest BCUT2D eigenvalue weighted by atomic mass is 32.1. The SMILES string of the molecule is Cc1cc(C)n(CC(=O)N[C@@H](C)c2nc(C)sc2C)c(=O)n1. The van der Waals surface area contributed by atoms with Crippen molar-refractivity contribution < 1.29 is 4.79 Å². The van der Waals surface area contributed by atoms with E-state index in [4.69, 9.17) is 0 Å². The number of aryl methyl sites for hydroxylation is 4. The second-order valence-corrected chi connectivity index (χ2v) is 6.78. The Labute approximate surface area is 133 Å². The molecule has 1 N–H and O–H groups in total. The summed E-state index contributed by atoms with van der Waals surface area (Å²) in [5.74, 6) is -0.228. The highest BCUT2D eigenvalue weighted by molar-refractivity contribution is 7.11. The number of thiazole rings is 1. The molecule has 0 unspecified atom stereocenters. The number of aromatic nitrogens is 3. The molecule has 22 heavy (non-hydrogen) atoms. The van der Waals surface area contributed by atoms with Crippen molar-refractivity contribution in [1.82, 2.24) is 19.9 Å². The molecule has 0 saturated carbocycles. The van der Waals surface area contributed by atoms with Gasteiger partial charge in [0.15, 0.2) is 0 Å². The fourth-order valence-corrected chi connectivity index (χ4v) is 3.33. The number of rotatable bonds is 4. The van der Waals surface area contributed by atoms with Crippen molar-refractivity contribution in [2.24, 2.45) is 0 Å². The summed E-state index contributed by atoms with van der Waals surface area (Å²) in [7, 11) is 0. The fourth-order valence-electron chi connectivity index (χ4n) is 2.41. The first-order chi connectivity index (χ1) is 10.3. The average Bonchev–Trinajstić information content (AvgIpc) is 2.73. The van der Waals surface area contributed by atoms with Gasteiger partial charge in [0.05, 0.1) is 16.7 Å². The molecule has 2 heterocycles. The third kappa shape index (κ3) is 3.59. The van der Waals surface area contributed by atoms with Gasteiger partial charge < -0.3 is 5.32 Å². The summed E-state index contributed by atoms with van der Waals surface area (Å²) >= 11 is 1.61. The maximum absolute atomic E-state index is 12.2. The van der Waals surface area contributed by atoms with E-state index in [1.54, 1.807) is 31.3 Å². The van der Waals surface area contributed by atoms with Gasteiger partial charge in [-0.3, -0.25) is 9.36 Å². The van der Waals surface area contributed by atoms with E-state index >= 15 is 0 Å². The lowest BCUT2D eigenvalue weighted by Crippen LogP contribution is -2.36. The van der Waals surface area contributed by atoms with Crippen LogP contribution in [0.2, 0.25) is 0 Å². The van der Waals surface area contributed by atoms with Crippen LogP contribution in [0.25, 0.3) is 0 Å². The van der Waals surface area contributed by atoms with Crippen molar-refractivity contribution in [2.75, 3.05) is 0 Å². The molecule has 0 fully saturated rings. The predicted molar refractivity (Wildman–Crippen MR) is 86.1 cm³/mol. The number of hydrogen-bond acceptors (Lipinski definition) is 5. The minimum atomic E-state index is -0.402. The fraction of sp³-hybridized carbons (Fsp3) is 0.467. The molecule has 118 valence electrons. The van der Waals surface area contributed by atoms with E-state index in [9.17, 15) is 9.59 Å². The first-order valence-corrected chi connectivity index (χ1v) is 7.88. The van der Waals surface area contributed by atoms with Crippen molar-refractivity contribution >= 4 is 17.2 Å². The predicted octanol–water partition coefficient (Wildman–Crippen LogP) is 1.81. The Kier molecular flexibility index (Phi) is 4.75. The summed E-state index contributed by atoms with van der Waals surface area (Å²) in [5.41, 5.74) is 1.85. The molecular weight excluding hydrogens is 300 g/mol. The van der Waals surface area contributed by atoms with Gasteiger partial charge in [0.25, 0.3) is 0 Å². The molecule has 0 aliphatic heterocycles. The number of carbonyl (C=O) groups is 1. The minimum absolute atomic E-state index is 0.0372. The van der Waals surface area contributed by atoms with Gasteiger partial charge in [0, 0.05) is 16.3 Å². The summed E-state index contributed by atoms with van der Waals surface area (Å²) in [6.07, 6.45) is 0. The highest BCUT2D eigenvalue weighted by Crippen LogP contribution is 2.22. The third-order valence-electron chi connectivity index (χ3n) is 3.38. The Morgan fingerprint density at radius 2 is 2.00 bits per heavy atom. The molecule has 0 aliphatic rings. The molecule has 0 aromatic carbocycles. The van der Waals surface area contributed by atoms with Crippen molar-refractivity contribution in [3.63, 3.8) is 0 Å². The molecule has 1 atom stereocenters. The smallest absolute Gasteiger partial charge is 0.346 e. The van der Waals surface area contributed by atoms with Crippen LogP contribution in [0.4, 0.5) is 0 Å². The lowest BCUT2D eigenvalue weighted by atomic mass is 10.2. The molecule has 2 rings (SSSR count). The van der Waals surface area contributed by atoms with E-state index in [-0.39, 0.29) is 18.5 Å². The number of nitrogens with zero attached hydrogens (tertiary/aromatic N) is 3. The van der Waals surface area contributed by atoms with Crippen molar-refractivity contribution in [3.8, 4) is 0 Å². The Morgan fingerprint density at radius 3 is 2.55 bits per heavy atom. The summed E-state index contributed by atoms with van der Waals surface area (Å²) in [5, 5.41) is 3.86. The summed E-state index contributed by atoms with van der Waals surface area (Å²) in [6, 6.07) is 1.60. The monoisotopic (exact) mass is 320 g/mol. The quantitative estimate of drug-likeness (QED) is 0.932. The number of nitrogens with one attached hydrogen (secondary N) is 1. The van der Waals surface area contributed by atoms with Gasteiger partial charge in [-0.15, -0.1) is 11.3 Å². The summed E-state index contributed by atoms with van der Waals surface area (Å²) < 4.78 is 1.37. The molecule has 6 nitrogen and oxygen atoms in total. The van der Waals surface area contributed by atoms with Crippen LogP contribution in [0.1, 0.15) is 39.9 Å². The van der Waals surface area contributed by atoms with Gasteiger partial charge in [0.2, 0.25) is 5.91 Å². The third-order valence-corrected chi connectivity index (χ3v) is 4.28. The van der Waals surface area contributed by atoms with Crippen molar-refractivity contribution in [1.29, 1.82) is 0 Å². The number of amides is 1. The van der Waals surface area contributed by atoms with Gasteiger partial charge in [0.1, 0.15) is 6.54 Å². The van der Waals surface area contributed by atoms with Crippen LogP contribution >= 0.6 is 11.3 Å². The van der Waals surface area contributed by atoms with Crippen LogP contribution in [0, 0.1) is 27.7 Å². The molecule has 0 aliphatic carbocycles. The Balaban J connectivity index is 2.11. The summed E-state index contributed by atoms with van der Waals surface area (Å²) in [4.78, 5) is 33.4. The Morgan fingerprint density at radius 1 is 1.32 bits per heavy atom. The van der Waals surface area contributed by atoms with E-state index < -0.39 is 5.69 Å². The summed E-state index contributed by atoms with van der Waals surface area (Å²) in [6.45, 7) is 9.33. The first-order valence-electron chi connectivity index (χ1n) is 7.06. The molecule has 0 saturated heterocycles. The standard InChI is InChI=1S/C15H20N4O2S/c1-8-6-9(2)19(15(21)16-8)7-13(20)17-10(3)14-11(4)22-12(5)18-14/h6,10H,7H2,1-5H3,(H,17,20)/t10-/m0/s1. The van der Waals surface area contributed by atoms with E-state index in [1.165, 1.54) is 4.57 Å².